The van der Waals surface area contributed by atoms with E-state index in [0.29, 0.717) is 25.3 Å². The Labute approximate surface area is 156 Å². The highest BCUT2D eigenvalue weighted by atomic mass is 35.5. The van der Waals surface area contributed by atoms with Crippen LogP contribution >= 0.6 is 12.4 Å². The van der Waals surface area contributed by atoms with Gasteiger partial charge in [0.05, 0.1) is 0 Å². The first kappa shape index (κ1) is 21.3. The summed E-state index contributed by atoms with van der Waals surface area (Å²) in [5.74, 6) is 0.617. The number of piperidine rings is 1. The second-order valence-electron chi connectivity index (χ2n) is 6.95. The molecule has 1 aromatic carbocycles. The molecule has 1 aromatic rings. The van der Waals surface area contributed by atoms with Crippen molar-refractivity contribution in [3.8, 4) is 0 Å². The summed E-state index contributed by atoms with van der Waals surface area (Å²) in [4.78, 5) is 26.1. The number of nitrogens with two attached hydrogens (primary N) is 1. The highest BCUT2D eigenvalue weighted by molar-refractivity contribution is 5.85. The van der Waals surface area contributed by atoms with E-state index in [0.717, 1.165) is 37.2 Å². The van der Waals surface area contributed by atoms with Gasteiger partial charge in [0, 0.05) is 37.7 Å². The molecule has 0 aliphatic carbocycles. The van der Waals surface area contributed by atoms with Crippen LogP contribution in [0.25, 0.3) is 0 Å². The van der Waals surface area contributed by atoms with Gasteiger partial charge in [-0.05, 0) is 36.8 Å². The quantitative estimate of drug-likeness (QED) is 0.759. The monoisotopic (exact) mass is 367 g/mol. The maximum Gasteiger partial charge on any atom is 0.222 e. The molecule has 0 aromatic heterocycles. The lowest BCUT2D eigenvalue weighted by atomic mass is 9.97. The summed E-state index contributed by atoms with van der Waals surface area (Å²) in [7, 11) is 0. The molecule has 1 atom stereocenters. The van der Waals surface area contributed by atoms with Gasteiger partial charge in [0.2, 0.25) is 11.8 Å². The van der Waals surface area contributed by atoms with Crippen LogP contribution in [0.1, 0.15) is 38.7 Å². The molecule has 0 saturated carbocycles. The largest absolute Gasteiger partial charge is 0.399 e. The Bertz CT molecular complexity index is 578. The van der Waals surface area contributed by atoms with Gasteiger partial charge in [-0.1, -0.05) is 32.0 Å². The van der Waals surface area contributed by atoms with Gasteiger partial charge >= 0.3 is 0 Å². The van der Waals surface area contributed by atoms with E-state index in [2.05, 4.69) is 5.32 Å². The van der Waals surface area contributed by atoms with Crippen molar-refractivity contribution < 1.29 is 9.59 Å². The lowest BCUT2D eigenvalue weighted by Gasteiger charge is -2.33. The van der Waals surface area contributed by atoms with Crippen molar-refractivity contribution in [1.82, 2.24) is 10.2 Å². The van der Waals surface area contributed by atoms with Crippen molar-refractivity contribution >= 4 is 29.9 Å². The van der Waals surface area contributed by atoms with Crippen molar-refractivity contribution in [2.75, 3.05) is 25.4 Å². The second kappa shape index (κ2) is 10.3. The molecule has 1 fully saturated rings. The van der Waals surface area contributed by atoms with Crippen molar-refractivity contribution in [3.05, 3.63) is 29.8 Å². The number of halogens is 1. The summed E-state index contributed by atoms with van der Waals surface area (Å²) in [6, 6.07) is 7.70. The first-order chi connectivity index (χ1) is 11.5. The summed E-state index contributed by atoms with van der Waals surface area (Å²) in [5, 5.41) is 2.98. The summed E-state index contributed by atoms with van der Waals surface area (Å²) >= 11 is 0. The Hall–Kier alpha value is -1.75. The third-order valence-electron chi connectivity index (χ3n) is 4.62. The van der Waals surface area contributed by atoms with Crippen LogP contribution in [0.2, 0.25) is 0 Å². The van der Waals surface area contributed by atoms with E-state index in [1.807, 2.05) is 43.0 Å². The average molecular weight is 368 g/mol. The smallest absolute Gasteiger partial charge is 0.222 e. The molecule has 3 N–H and O–H groups in total. The highest BCUT2D eigenvalue weighted by Gasteiger charge is 2.24. The molecule has 1 unspecified atom stereocenters. The van der Waals surface area contributed by atoms with Gasteiger partial charge in [0.1, 0.15) is 0 Å². The average Bonchev–Trinajstić information content (AvgIpc) is 2.58. The van der Waals surface area contributed by atoms with E-state index < -0.39 is 0 Å². The molecule has 5 nitrogen and oxygen atoms in total. The second-order valence-corrected chi connectivity index (χ2v) is 6.95. The third kappa shape index (κ3) is 6.58. The number of aryl methyl sites for hydroxylation is 1. The maximum atomic E-state index is 12.5. The van der Waals surface area contributed by atoms with Gasteiger partial charge < -0.3 is 16.0 Å². The fourth-order valence-corrected chi connectivity index (χ4v) is 3.07. The van der Waals surface area contributed by atoms with Gasteiger partial charge in [-0.15, -0.1) is 12.4 Å². The number of anilines is 1. The number of likely N-dealkylation sites (tertiary alicyclic amines) is 1. The number of amides is 2. The number of rotatable bonds is 6. The molecular formula is C19H30ClN3O2. The lowest BCUT2D eigenvalue weighted by molar-refractivity contribution is -0.132. The molecule has 25 heavy (non-hydrogen) atoms. The number of nitrogens with one attached hydrogen (secondary N) is 1. The molecule has 140 valence electrons. The molecule has 2 amide bonds. The normalized spacial score (nSPS) is 17.1. The summed E-state index contributed by atoms with van der Waals surface area (Å²) in [6.45, 7) is 5.99. The minimum Gasteiger partial charge on any atom is -0.399 e. The number of hydrogen-bond donors (Lipinski definition) is 2. The molecule has 2 rings (SSSR count). The predicted octanol–water partition coefficient (Wildman–Crippen LogP) is 2.63. The van der Waals surface area contributed by atoms with Gasteiger partial charge in [0.15, 0.2) is 0 Å². The van der Waals surface area contributed by atoms with Crippen LogP contribution in [-0.4, -0.2) is 36.3 Å². The first-order valence-electron chi connectivity index (χ1n) is 8.86. The van der Waals surface area contributed by atoms with Gasteiger partial charge in [0.25, 0.3) is 0 Å². The first-order valence-corrected chi connectivity index (χ1v) is 8.86. The molecular weight excluding hydrogens is 338 g/mol. The van der Waals surface area contributed by atoms with Crippen LogP contribution in [0.3, 0.4) is 0 Å². The van der Waals surface area contributed by atoms with E-state index in [9.17, 15) is 9.59 Å². The van der Waals surface area contributed by atoms with Gasteiger partial charge in [-0.3, -0.25) is 9.59 Å². The van der Waals surface area contributed by atoms with Crippen LogP contribution in [0.15, 0.2) is 24.3 Å². The van der Waals surface area contributed by atoms with Crippen LogP contribution in [0, 0.1) is 11.8 Å². The van der Waals surface area contributed by atoms with E-state index in [1.165, 1.54) is 0 Å². The fourth-order valence-electron chi connectivity index (χ4n) is 3.07. The van der Waals surface area contributed by atoms with Gasteiger partial charge in [-0.25, -0.2) is 0 Å². The van der Waals surface area contributed by atoms with Crippen LogP contribution < -0.4 is 11.1 Å². The number of carbonyl (C=O) groups excluding carboxylic acids is 2. The van der Waals surface area contributed by atoms with E-state index in [1.54, 1.807) is 0 Å². The summed E-state index contributed by atoms with van der Waals surface area (Å²) in [5.41, 5.74) is 7.71. The Kier molecular flexibility index (Phi) is 8.76. The number of hydrogen-bond acceptors (Lipinski definition) is 3. The Balaban J connectivity index is 0.00000312. The van der Waals surface area contributed by atoms with E-state index in [-0.39, 0.29) is 30.1 Å². The number of carbonyl (C=O) groups is 2. The zero-order valence-corrected chi connectivity index (χ0v) is 16.0. The van der Waals surface area contributed by atoms with Crippen molar-refractivity contribution in [1.29, 1.82) is 0 Å². The minimum absolute atomic E-state index is 0. The summed E-state index contributed by atoms with van der Waals surface area (Å²) < 4.78 is 0. The SMILES string of the molecule is CC(C)C(=O)NCC1CCCN(C(=O)CCc2ccccc2N)C1.Cl. The Morgan fingerprint density at radius 3 is 2.72 bits per heavy atom. The van der Waals surface area contributed by atoms with Crippen LogP contribution in [-0.2, 0) is 16.0 Å². The molecule has 1 aliphatic rings. The summed E-state index contributed by atoms with van der Waals surface area (Å²) in [6.07, 6.45) is 3.23. The zero-order chi connectivity index (χ0) is 17.5. The van der Waals surface area contributed by atoms with E-state index in [4.69, 9.17) is 5.73 Å². The van der Waals surface area contributed by atoms with Crippen molar-refractivity contribution in [2.45, 2.75) is 39.5 Å². The molecule has 0 spiro atoms. The van der Waals surface area contributed by atoms with Crippen LogP contribution in [0.5, 0.6) is 0 Å². The van der Waals surface area contributed by atoms with E-state index >= 15 is 0 Å². The molecule has 0 radical (unpaired) electrons. The zero-order valence-electron chi connectivity index (χ0n) is 15.2. The Morgan fingerprint density at radius 2 is 2.04 bits per heavy atom. The minimum atomic E-state index is 0. The third-order valence-corrected chi connectivity index (χ3v) is 4.62. The molecule has 1 aliphatic heterocycles. The van der Waals surface area contributed by atoms with Crippen LogP contribution in [0.4, 0.5) is 5.69 Å². The molecule has 6 heteroatoms. The number of para-hydroxylation sites is 1. The fraction of sp³-hybridized carbons (Fsp3) is 0.579. The topological polar surface area (TPSA) is 75.4 Å². The predicted molar refractivity (Wildman–Crippen MR) is 104 cm³/mol. The number of nitrogen functional groups attached to an aromatic ring is 1. The standard InChI is InChI=1S/C19H29N3O2.ClH/c1-14(2)19(24)21-12-15-6-5-11-22(13-15)18(23)10-9-16-7-3-4-8-17(16)20;/h3-4,7-8,14-15H,5-6,9-13,20H2,1-2H3,(H,21,24);1H. The maximum absolute atomic E-state index is 12.5. The molecule has 1 saturated heterocycles. The lowest BCUT2D eigenvalue weighted by Crippen LogP contribution is -2.44. The highest BCUT2D eigenvalue weighted by Crippen LogP contribution is 2.18. The number of nitrogens with zero attached hydrogens (tertiary/aromatic N) is 1. The van der Waals surface area contributed by atoms with Gasteiger partial charge in [-0.2, -0.15) is 0 Å². The molecule has 0 bridgehead atoms. The number of benzene rings is 1. The van der Waals surface area contributed by atoms with Crippen molar-refractivity contribution in [3.63, 3.8) is 0 Å². The molecule has 1 heterocycles. The van der Waals surface area contributed by atoms with Crippen molar-refractivity contribution in [2.24, 2.45) is 11.8 Å². The Morgan fingerprint density at radius 1 is 1.32 bits per heavy atom.